The molecule has 1 aromatic heterocycles. The van der Waals surface area contributed by atoms with Crippen molar-refractivity contribution in [2.24, 2.45) is 0 Å². The summed E-state index contributed by atoms with van der Waals surface area (Å²) in [5.74, 6) is -0.0580. The summed E-state index contributed by atoms with van der Waals surface area (Å²) in [5.41, 5.74) is 3.35. The number of pyridine rings is 1. The first-order chi connectivity index (χ1) is 9.13. The van der Waals surface area contributed by atoms with Gasteiger partial charge >= 0.3 is 0 Å². The monoisotopic (exact) mass is 255 g/mol. The number of nitrogens with zero attached hydrogens (tertiary/aromatic N) is 2. The van der Waals surface area contributed by atoms with Crippen molar-refractivity contribution in [1.29, 1.82) is 0 Å². The second kappa shape index (κ2) is 5.52. The summed E-state index contributed by atoms with van der Waals surface area (Å²) in [6, 6.07) is 9.58. The lowest BCUT2D eigenvalue weighted by Crippen LogP contribution is -2.27. The minimum absolute atomic E-state index is 0.0580. The predicted octanol–water partition coefficient (Wildman–Crippen LogP) is 2.71. The van der Waals surface area contributed by atoms with E-state index in [1.165, 1.54) is 0 Å². The fraction of sp³-hybridized carbons (Fsp3) is 0.200. The molecule has 0 aliphatic carbocycles. The highest BCUT2D eigenvalue weighted by atomic mass is 16.2. The van der Waals surface area contributed by atoms with Gasteiger partial charge in [-0.1, -0.05) is 12.1 Å². The number of rotatable bonds is 3. The third kappa shape index (κ3) is 2.73. The molecular weight excluding hydrogens is 238 g/mol. The van der Waals surface area contributed by atoms with Crippen LogP contribution in [0, 0.1) is 6.92 Å². The average molecular weight is 255 g/mol. The van der Waals surface area contributed by atoms with Gasteiger partial charge in [-0.15, -0.1) is 0 Å². The van der Waals surface area contributed by atoms with Gasteiger partial charge in [-0.3, -0.25) is 9.78 Å². The van der Waals surface area contributed by atoms with Crippen LogP contribution < -0.4 is 10.2 Å². The van der Waals surface area contributed by atoms with E-state index < -0.39 is 0 Å². The molecule has 98 valence electrons. The summed E-state index contributed by atoms with van der Waals surface area (Å²) in [7, 11) is 3.55. The van der Waals surface area contributed by atoms with Crippen LogP contribution in [0.1, 0.15) is 15.9 Å². The van der Waals surface area contributed by atoms with E-state index in [1.807, 2.05) is 31.2 Å². The first kappa shape index (κ1) is 13.1. The second-order valence-corrected chi connectivity index (χ2v) is 4.37. The van der Waals surface area contributed by atoms with Crippen LogP contribution in [-0.4, -0.2) is 25.0 Å². The molecule has 0 spiro atoms. The van der Waals surface area contributed by atoms with Crippen LogP contribution in [0.3, 0.4) is 0 Å². The largest absolute Gasteiger partial charge is 0.386 e. The van der Waals surface area contributed by atoms with Crippen LogP contribution >= 0.6 is 0 Å². The molecule has 1 aromatic carbocycles. The van der Waals surface area contributed by atoms with Crippen LogP contribution in [0.2, 0.25) is 0 Å². The molecule has 4 nitrogen and oxygen atoms in total. The Labute approximate surface area is 113 Å². The Bertz CT molecular complexity index is 595. The molecule has 19 heavy (non-hydrogen) atoms. The van der Waals surface area contributed by atoms with E-state index in [2.05, 4.69) is 10.3 Å². The maximum Gasteiger partial charge on any atom is 0.260 e. The molecule has 4 heteroatoms. The maximum atomic E-state index is 12.5. The van der Waals surface area contributed by atoms with Gasteiger partial charge in [-0.05, 0) is 30.7 Å². The number of amides is 1. The highest BCUT2D eigenvalue weighted by Crippen LogP contribution is 2.20. The number of carbonyl (C=O) groups excluding carboxylic acids is 1. The van der Waals surface area contributed by atoms with Crippen molar-refractivity contribution in [3.8, 4) is 0 Å². The quantitative estimate of drug-likeness (QED) is 0.917. The van der Waals surface area contributed by atoms with Gasteiger partial charge < -0.3 is 10.2 Å². The molecule has 0 fully saturated rings. The minimum Gasteiger partial charge on any atom is -0.386 e. The minimum atomic E-state index is -0.0580. The first-order valence-electron chi connectivity index (χ1n) is 6.10. The van der Waals surface area contributed by atoms with Crippen molar-refractivity contribution in [3.63, 3.8) is 0 Å². The number of benzene rings is 1. The summed E-state index contributed by atoms with van der Waals surface area (Å²) in [5, 5.41) is 2.98. The summed E-state index contributed by atoms with van der Waals surface area (Å²) in [4.78, 5) is 18.1. The zero-order valence-electron chi connectivity index (χ0n) is 11.3. The zero-order valence-corrected chi connectivity index (χ0v) is 11.3. The van der Waals surface area contributed by atoms with Crippen molar-refractivity contribution in [2.45, 2.75) is 6.92 Å². The number of aromatic nitrogens is 1. The maximum absolute atomic E-state index is 12.5. The predicted molar refractivity (Wildman–Crippen MR) is 77.7 cm³/mol. The van der Waals surface area contributed by atoms with E-state index in [1.54, 1.807) is 37.5 Å². The number of aryl methyl sites for hydroxylation is 1. The Morgan fingerprint density at radius 1 is 1.32 bits per heavy atom. The van der Waals surface area contributed by atoms with Crippen molar-refractivity contribution in [3.05, 3.63) is 53.9 Å². The normalized spacial score (nSPS) is 10.1. The van der Waals surface area contributed by atoms with E-state index in [4.69, 9.17) is 0 Å². The number of carbonyl (C=O) groups is 1. The van der Waals surface area contributed by atoms with Gasteiger partial charge in [0.25, 0.3) is 5.91 Å². The van der Waals surface area contributed by atoms with Gasteiger partial charge in [-0.25, -0.2) is 0 Å². The molecule has 2 rings (SSSR count). The van der Waals surface area contributed by atoms with Gasteiger partial charge in [0.1, 0.15) is 0 Å². The second-order valence-electron chi connectivity index (χ2n) is 4.37. The van der Waals surface area contributed by atoms with Gasteiger partial charge in [0, 0.05) is 26.0 Å². The first-order valence-corrected chi connectivity index (χ1v) is 6.10. The lowest BCUT2D eigenvalue weighted by Gasteiger charge is -2.19. The molecule has 0 atom stereocenters. The fourth-order valence-corrected chi connectivity index (χ4v) is 1.91. The highest BCUT2D eigenvalue weighted by Gasteiger charge is 2.16. The van der Waals surface area contributed by atoms with Gasteiger partial charge in [-0.2, -0.15) is 0 Å². The Balaban J connectivity index is 2.33. The number of hydrogen-bond donors (Lipinski definition) is 1. The molecule has 2 aromatic rings. The molecule has 0 saturated carbocycles. The van der Waals surface area contributed by atoms with Gasteiger partial charge in [0.05, 0.1) is 17.4 Å². The molecular formula is C15H17N3O. The van der Waals surface area contributed by atoms with Crippen LogP contribution in [0.5, 0.6) is 0 Å². The smallest absolute Gasteiger partial charge is 0.260 e. The Morgan fingerprint density at radius 3 is 2.79 bits per heavy atom. The van der Waals surface area contributed by atoms with Crippen LogP contribution in [-0.2, 0) is 0 Å². The third-order valence-electron chi connectivity index (χ3n) is 3.01. The SMILES string of the molecule is CNc1cnccc1C(=O)N(C)c1cccc(C)c1. The molecule has 1 amide bonds. The molecule has 0 radical (unpaired) electrons. The van der Waals surface area contributed by atoms with Gasteiger partial charge in [0.2, 0.25) is 0 Å². The molecule has 0 saturated heterocycles. The number of nitrogens with one attached hydrogen (secondary N) is 1. The zero-order chi connectivity index (χ0) is 13.8. The topological polar surface area (TPSA) is 45.2 Å². The van der Waals surface area contributed by atoms with E-state index in [9.17, 15) is 4.79 Å². The summed E-state index contributed by atoms with van der Waals surface area (Å²) < 4.78 is 0. The fourth-order valence-electron chi connectivity index (χ4n) is 1.91. The van der Waals surface area contributed by atoms with Gasteiger partial charge in [0.15, 0.2) is 0 Å². The van der Waals surface area contributed by atoms with Crippen LogP contribution in [0.25, 0.3) is 0 Å². The van der Waals surface area contributed by atoms with E-state index >= 15 is 0 Å². The molecule has 0 bridgehead atoms. The molecule has 0 aliphatic rings. The summed E-state index contributed by atoms with van der Waals surface area (Å²) >= 11 is 0. The van der Waals surface area contributed by atoms with Crippen molar-refractivity contribution in [2.75, 3.05) is 24.3 Å². The molecule has 1 N–H and O–H groups in total. The van der Waals surface area contributed by atoms with Crippen molar-refractivity contribution < 1.29 is 4.79 Å². The lowest BCUT2D eigenvalue weighted by molar-refractivity contribution is 0.0993. The Kier molecular flexibility index (Phi) is 3.80. The Morgan fingerprint density at radius 2 is 2.11 bits per heavy atom. The summed E-state index contributed by atoms with van der Waals surface area (Å²) in [6.07, 6.45) is 3.27. The van der Waals surface area contributed by atoms with Crippen molar-refractivity contribution >= 4 is 17.3 Å². The van der Waals surface area contributed by atoms with E-state index in [-0.39, 0.29) is 5.91 Å². The number of anilines is 2. The third-order valence-corrected chi connectivity index (χ3v) is 3.01. The van der Waals surface area contributed by atoms with E-state index in [0.29, 0.717) is 5.56 Å². The highest BCUT2D eigenvalue weighted by molar-refractivity contribution is 6.09. The van der Waals surface area contributed by atoms with E-state index in [0.717, 1.165) is 16.9 Å². The molecule has 0 unspecified atom stereocenters. The van der Waals surface area contributed by atoms with Crippen LogP contribution in [0.4, 0.5) is 11.4 Å². The summed E-state index contributed by atoms with van der Waals surface area (Å²) in [6.45, 7) is 2.01. The number of hydrogen-bond acceptors (Lipinski definition) is 3. The molecule has 1 heterocycles. The molecule has 0 aliphatic heterocycles. The average Bonchev–Trinajstić information content (AvgIpc) is 2.45. The van der Waals surface area contributed by atoms with Crippen molar-refractivity contribution in [1.82, 2.24) is 4.98 Å². The lowest BCUT2D eigenvalue weighted by atomic mass is 10.1. The standard InChI is InChI=1S/C15H17N3O/c1-11-5-4-6-12(9-11)18(3)15(19)13-7-8-17-10-14(13)16-2/h4-10,16H,1-3H3. The van der Waals surface area contributed by atoms with Crippen LogP contribution in [0.15, 0.2) is 42.7 Å². The Hall–Kier alpha value is -2.36.